The summed E-state index contributed by atoms with van der Waals surface area (Å²) in [5.74, 6) is 0.928. The molecule has 1 saturated heterocycles. The van der Waals surface area contributed by atoms with Gasteiger partial charge in [-0.25, -0.2) is 0 Å². The second-order valence-corrected chi connectivity index (χ2v) is 8.18. The van der Waals surface area contributed by atoms with Gasteiger partial charge in [0.1, 0.15) is 11.5 Å². The molecule has 0 aromatic heterocycles. The van der Waals surface area contributed by atoms with E-state index in [-0.39, 0.29) is 30.5 Å². The third-order valence-electron chi connectivity index (χ3n) is 5.83. The van der Waals surface area contributed by atoms with Crippen LogP contribution in [0.25, 0.3) is 12.2 Å². The average molecular weight is 485 g/mol. The van der Waals surface area contributed by atoms with Crippen LogP contribution in [-0.4, -0.2) is 48.8 Å². The highest BCUT2D eigenvalue weighted by Crippen LogP contribution is 2.25. The van der Waals surface area contributed by atoms with Crippen molar-refractivity contribution in [2.24, 2.45) is 0 Å². The van der Waals surface area contributed by atoms with Gasteiger partial charge in [0, 0.05) is 28.8 Å². The van der Waals surface area contributed by atoms with Gasteiger partial charge in [0.05, 0.1) is 32.2 Å². The summed E-state index contributed by atoms with van der Waals surface area (Å²) in [6.07, 6.45) is 3.53. The molecular formula is C28H24N2O6. The van der Waals surface area contributed by atoms with Crippen LogP contribution >= 0.6 is 0 Å². The number of non-ortho nitro benzene ring substituents is 1. The summed E-state index contributed by atoms with van der Waals surface area (Å²) in [7, 11) is 3.16. The van der Waals surface area contributed by atoms with Gasteiger partial charge in [-0.2, -0.15) is 0 Å². The lowest BCUT2D eigenvalue weighted by atomic mass is 9.93. The number of amides is 1. The van der Waals surface area contributed by atoms with E-state index in [1.807, 2.05) is 24.3 Å². The number of nitro benzene ring substituents is 1. The van der Waals surface area contributed by atoms with E-state index >= 15 is 0 Å². The van der Waals surface area contributed by atoms with Crippen molar-refractivity contribution in [3.8, 4) is 11.5 Å². The van der Waals surface area contributed by atoms with Crippen LogP contribution in [0.4, 0.5) is 5.69 Å². The van der Waals surface area contributed by atoms with Crippen LogP contribution in [0.2, 0.25) is 0 Å². The fourth-order valence-corrected chi connectivity index (χ4v) is 3.89. The highest BCUT2D eigenvalue weighted by molar-refractivity contribution is 6.15. The van der Waals surface area contributed by atoms with Crippen molar-refractivity contribution in [2.45, 2.75) is 0 Å². The molecule has 0 aliphatic carbocycles. The maximum Gasteiger partial charge on any atom is 0.269 e. The van der Waals surface area contributed by atoms with Gasteiger partial charge < -0.3 is 14.4 Å². The zero-order chi connectivity index (χ0) is 25.7. The Labute approximate surface area is 208 Å². The standard InChI is InChI=1S/C28H24N2O6/c1-35-25-11-3-19(4-12-25)15-22-17-29(28(32)21-7-9-24(10-8-21)30(33)34)18-23(27(22)31)16-20-5-13-26(36-2)14-6-20/h3-16H,17-18H2,1-2H3/b22-15-,23-16+. The molecule has 0 N–H and O–H groups in total. The quantitative estimate of drug-likeness (QED) is 0.283. The zero-order valence-corrected chi connectivity index (χ0v) is 19.8. The summed E-state index contributed by atoms with van der Waals surface area (Å²) in [4.78, 5) is 38.7. The van der Waals surface area contributed by atoms with E-state index in [2.05, 4.69) is 0 Å². The number of nitro groups is 1. The lowest BCUT2D eigenvalue weighted by molar-refractivity contribution is -0.384. The number of methoxy groups -OCH3 is 2. The number of hydrogen-bond acceptors (Lipinski definition) is 6. The number of ketones is 1. The summed E-state index contributed by atoms with van der Waals surface area (Å²) in [6, 6.07) is 20.0. The second-order valence-electron chi connectivity index (χ2n) is 8.18. The van der Waals surface area contributed by atoms with E-state index < -0.39 is 4.92 Å². The first-order valence-electron chi connectivity index (χ1n) is 11.2. The minimum Gasteiger partial charge on any atom is -0.497 e. The van der Waals surface area contributed by atoms with Crippen molar-refractivity contribution in [1.29, 1.82) is 0 Å². The van der Waals surface area contributed by atoms with Crippen molar-refractivity contribution in [3.05, 3.63) is 111 Å². The Hall–Kier alpha value is -4.72. The lowest BCUT2D eigenvalue weighted by Gasteiger charge is -2.30. The number of carbonyl (C=O) groups is 2. The number of likely N-dealkylation sites (tertiary alicyclic amines) is 1. The molecule has 1 aliphatic rings. The number of Topliss-reactive ketones (excluding diaryl/α,β-unsaturated/α-hetero) is 1. The van der Waals surface area contributed by atoms with Crippen LogP contribution < -0.4 is 9.47 Å². The fraction of sp³-hybridized carbons (Fsp3) is 0.143. The van der Waals surface area contributed by atoms with Gasteiger partial charge in [-0.3, -0.25) is 19.7 Å². The topological polar surface area (TPSA) is 99.0 Å². The van der Waals surface area contributed by atoms with Crippen LogP contribution in [0.15, 0.2) is 83.9 Å². The monoisotopic (exact) mass is 484 g/mol. The molecule has 4 rings (SSSR count). The molecule has 0 radical (unpaired) electrons. The molecule has 1 heterocycles. The zero-order valence-electron chi connectivity index (χ0n) is 19.8. The summed E-state index contributed by atoms with van der Waals surface area (Å²) in [5.41, 5.74) is 2.73. The minimum absolute atomic E-state index is 0.0967. The number of hydrogen-bond donors (Lipinski definition) is 0. The maximum absolute atomic E-state index is 13.4. The molecule has 3 aromatic carbocycles. The van der Waals surface area contributed by atoms with Crippen molar-refractivity contribution in [3.63, 3.8) is 0 Å². The van der Waals surface area contributed by atoms with Crippen molar-refractivity contribution in [2.75, 3.05) is 27.3 Å². The van der Waals surface area contributed by atoms with E-state index in [1.54, 1.807) is 55.5 Å². The van der Waals surface area contributed by atoms with Gasteiger partial charge in [0.25, 0.3) is 11.6 Å². The lowest BCUT2D eigenvalue weighted by Crippen LogP contribution is -2.41. The number of nitrogens with zero attached hydrogens (tertiary/aromatic N) is 2. The molecule has 0 spiro atoms. The van der Waals surface area contributed by atoms with E-state index in [1.165, 1.54) is 24.3 Å². The Bertz CT molecular complexity index is 1270. The molecule has 0 bridgehead atoms. The molecule has 36 heavy (non-hydrogen) atoms. The third kappa shape index (κ3) is 5.50. The molecule has 1 amide bonds. The molecule has 0 unspecified atom stereocenters. The Morgan fingerprint density at radius 2 is 1.25 bits per heavy atom. The van der Waals surface area contributed by atoms with E-state index in [9.17, 15) is 19.7 Å². The van der Waals surface area contributed by atoms with Gasteiger partial charge in [0.15, 0.2) is 5.78 Å². The molecular weight excluding hydrogens is 460 g/mol. The third-order valence-corrected chi connectivity index (χ3v) is 5.83. The molecule has 182 valence electrons. The molecule has 8 heteroatoms. The average Bonchev–Trinajstić information content (AvgIpc) is 2.91. The van der Waals surface area contributed by atoms with Crippen LogP contribution in [0.1, 0.15) is 21.5 Å². The van der Waals surface area contributed by atoms with Crippen LogP contribution in [0.3, 0.4) is 0 Å². The predicted octanol–water partition coefficient (Wildman–Crippen LogP) is 4.80. The molecule has 0 saturated carbocycles. The first-order chi connectivity index (χ1) is 17.4. The molecule has 1 fully saturated rings. The summed E-state index contributed by atoms with van der Waals surface area (Å²) in [5, 5.41) is 11.0. The second kappa shape index (κ2) is 10.7. The van der Waals surface area contributed by atoms with Crippen molar-refractivity contribution in [1.82, 2.24) is 4.90 Å². The Kier molecular flexibility index (Phi) is 7.25. The van der Waals surface area contributed by atoms with Gasteiger partial charge in [-0.15, -0.1) is 0 Å². The first kappa shape index (κ1) is 24.4. The van der Waals surface area contributed by atoms with Crippen LogP contribution in [0.5, 0.6) is 11.5 Å². The number of benzene rings is 3. The number of rotatable bonds is 6. The molecule has 1 aliphatic heterocycles. The summed E-state index contributed by atoms with van der Waals surface area (Å²) in [6.45, 7) is 0.223. The highest BCUT2D eigenvalue weighted by atomic mass is 16.6. The Morgan fingerprint density at radius 3 is 1.64 bits per heavy atom. The number of carbonyl (C=O) groups excluding carboxylic acids is 2. The normalized spacial score (nSPS) is 15.7. The first-order valence-corrected chi connectivity index (χ1v) is 11.2. The van der Waals surface area contributed by atoms with E-state index in [4.69, 9.17) is 9.47 Å². The van der Waals surface area contributed by atoms with Gasteiger partial charge in [-0.05, 0) is 59.7 Å². The number of ether oxygens (including phenoxy) is 2. The fourth-order valence-electron chi connectivity index (χ4n) is 3.89. The highest BCUT2D eigenvalue weighted by Gasteiger charge is 2.30. The smallest absolute Gasteiger partial charge is 0.269 e. The van der Waals surface area contributed by atoms with Crippen molar-refractivity contribution >= 4 is 29.5 Å². The predicted molar refractivity (Wildman–Crippen MR) is 136 cm³/mol. The molecule has 3 aromatic rings. The minimum atomic E-state index is -0.515. The molecule has 0 atom stereocenters. The van der Waals surface area contributed by atoms with E-state index in [0.29, 0.717) is 28.2 Å². The summed E-state index contributed by atoms with van der Waals surface area (Å²) < 4.78 is 10.4. The van der Waals surface area contributed by atoms with Gasteiger partial charge >= 0.3 is 0 Å². The van der Waals surface area contributed by atoms with Crippen LogP contribution in [-0.2, 0) is 4.79 Å². The Morgan fingerprint density at radius 1 is 0.806 bits per heavy atom. The maximum atomic E-state index is 13.4. The van der Waals surface area contributed by atoms with Gasteiger partial charge in [0.2, 0.25) is 0 Å². The Balaban J connectivity index is 1.69. The largest absolute Gasteiger partial charge is 0.497 e. The van der Waals surface area contributed by atoms with Gasteiger partial charge in [-0.1, -0.05) is 24.3 Å². The SMILES string of the molecule is COc1ccc(/C=C2/CN(C(=O)c3ccc([N+](=O)[O-])cc3)C/C(=C\c3ccc(OC)cc3)C2=O)cc1. The van der Waals surface area contributed by atoms with Crippen molar-refractivity contribution < 1.29 is 24.0 Å². The van der Waals surface area contributed by atoms with E-state index in [0.717, 1.165) is 11.1 Å². The summed E-state index contributed by atoms with van der Waals surface area (Å²) >= 11 is 0. The molecule has 8 nitrogen and oxygen atoms in total. The van der Waals surface area contributed by atoms with Crippen LogP contribution in [0, 0.1) is 10.1 Å². The number of piperidine rings is 1.